The minimum atomic E-state index is 0.459. The number of benzene rings is 1. The first kappa shape index (κ1) is 11.1. The Labute approximate surface area is 102 Å². The summed E-state index contributed by atoms with van der Waals surface area (Å²) < 4.78 is 10.7. The normalized spacial score (nSPS) is 20.1. The Kier molecular flexibility index (Phi) is 3.04. The van der Waals surface area contributed by atoms with Crippen LogP contribution in [0, 0.1) is 5.92 Å². The topological polar surface area (TPSA) is 30.5 Å². The molecule has 1 fully saturated rings. The summed E-state index contributed by atoms with van der Waals surface area (Å²) in [5.41, 5.74) is 3.84. The summed E-state index contributed by atoms with van der Waals surface area (Å²) in [6.45, 7) is 2.31. The molecule has 0 amide bonds. The standard InChI is InChI=1S/C14H19NO2/c1-16-9-14(10-2-3-10)15-13-5-4-11-7-17-8-12(11)6-13/h4-6,10,14-15H,2-3,7-9H2,1H3. The molecule has 92 valence electrons. The Hall–Kier alpha value is -1.06. The van der Waals surface area contributed by atoms with E-state index < -0.39 is 0 Å². The van der Waals surface area contributed by atoms with Crippen molar-refractivity contribution in [3.63, 3.8) is 0 Å². The largest absolute Gasteiger partial charge is 0.383 e. The molecule has 0 aromatic heterocycles. The summed E-state index contributed by atoms with van der Waals surface area (Å²) in [5, 5.41) is 3.59. The van der Waals surface area contributed by atoms with Crippen LogP contribution in [0.3, 0.4) is 0 Å². The summed E-state index contributed by atoms with van der Waals surface area (Å²) in [4.78, 5) is 0. The van der Waals surface area contributed by atoms with Gasteiger partial charge in [-0.3, -0.25) is 0 Å². The Morgan fingerprint density at radius 3 is 2.94 bits per heavy atom. The van der Waals surface area contributed by atoms with E-state index in [1.807, 2.05) is 0 Å². The molecule has 0 bridgehead atoms. The van der Waals surface area contributed by atoms with Gasteiger partial charge in [0.15, 0.2) is 0 Å². The van der Waals surface area contributed by atoms with Crippen LogP contribution in [0.15, 0.2) is 18.2 Å². The van der Waals surface area contributed by atoms with Gasteiger partial charge in [-0.15, -0.1) is 0 Å². The van der Waals surface area contributed by atoms with Gasteiger partial charge in [-0.2, -0.15) is 0 Å². The minimum absolute atomic E-state index is 0.459. The fourth-order valence-corrected chi connectivity index (χ4v) is 2.45. The molecule has 1 aromatic rings. The van der Waals surface area contributed by atoms with Gasteiger partial charge < -0.3 is 14.8 Å². The first-order chi connectivity index (χ1) is 8.36. The van der Waals surface area contributed by atoms with E-state index in [-0.39, 0.29) is 0 Å². The van der Waals surface area contributed by atoms with E-state index in [9.17, 15) is 0 Å². The van der Waals surface area contributed by atoms with Crippen LogP contribution in [0.25, 0.3) is 0 Å². The van der Waals surface area contributed by atoms with Gasteiger partial charge in [-0.1, -0.05) is 6.07 Å². The molecule has 1 heterocycles. The zero-order chi connectivity index (χ0) is 11.7. The minimum Gasteiger partial charge on any atom is -0.383 e. The summed E-state index contributed by atoms with van der Waals surface area (Å²) in [7, 11) is 1.77. The van der Waals surface area contributed by atoms with Crippen molar-refractivity contribution in [2.24, 2.45) is 5.92 Å². The molecule has 1 saturated carbocycles. The molecule has 0 radical (unpaired) electrons. The monoisotopic (exact) mass is 233 g/mol. The van der Waals surface area contributed by atoms with Crippen molar-refractivity contribution in [3.8, 4) is 0 Å². The lowest BCUT2D eigenvalue weighted by molar-refractivity contribution is 0.134. The maximum Gasteiger partial charge on any atom is 0.0725 e. The molecule has 1 aliphatic carbocycles. The van der Waals surface area contributed by atoms with Gasteiger partial charge in [-0.05, 0) is 42.0 Å². The predicted molar refractivity (Wildman–Crippen MR) is 66.9 cm³/mol. The van der Waals surface area contributed by atoms with Crippen LogP contribution in [0.5, 0.6) is 0 Å². The van der Waals surface area contributed by atoms with Crippen molar-refractivity contribution >= 4 is 5.69 Å². The third kappa shape index (κ3) is 2.45. The van der Waals surface area contributed by atoms with Crippen LogP contribution in [-0.4, -0.2) is 19.8 Å². The van der Waals surface area contributed by atoms with E-state index in [4.69, 9.17) is 9.47 Å². The van der Waals surface area contributed by atoms with Crippen molar-refractivity contribution in [3.05, 3.63) is 29.3 Å². The second kappa shape index (κ2) is 4.67. The number of hydrogen-bond acceptors (Lipinski definition) is 3. The first-order valence-electron chi connectivity index (χ1n) is 6.32. The third-order valence-corrected chi connectivity index (χ3v) is 3.61. The molecule has 1 aromatic carbocycles. The molecular formula is C14H19NO2. The van der Waals surface area contributed by atoms with E-state index in [0.29, 0.717) is 6.04 Å². The van der Waals surface area contributed by atoms with Crippen molar-refractivity contribution in [1.82, 2.24) is 0 Å². The van der Waals surface area contributed by atoms with Gasteiger partial charge in [0.1, 0.15) is 0 Å². The lowest BCUT2D eigenvalue weighted by atomic mass is 10.1. The highest BCUT2D eigenvalue weighted by atomic mass is 16.5. The average Bonchev–Trinajstić information content (AvgIpc) is 3.07. The predicted octanol–water partition coefficient (Wildman–Crippen LogP) is 2.55. The van der Waals surface area contributed by atoms with Crippen molar-refractivity contribution < 1.29 is 9.47 Å². The lowest BCUT2D eigenvalue weighted by Gasteiger charge is -2.19. The molecule has 3 heteroatoms. The second-order valence-electron chi connectivity index (χ2n) is 5.02. The molecule has 1 N–H and O–H groups in total. The number of fused-ring (bicyclic) bond motifs is 1. The van der Waals surface area contributed by atoms with Crippen molar-refractivity contribution in [2.45, 2.75) is 32.1 Å². The van der Waals surface area contributed by atoms with Crippen LogP contribution < -0.4 is 5.32 Å². The number of rotatable bonds is 5. The first-order valence-corrected chi connectivity index (χ1v) is 6.32. The molecule has 17 heavy (non-hydrogen) atoms. The van der Waals surface area contributed by atoms with Gasteiger partial charge in [0.05, 0.1) is 25.9 Å². The number of methoxy groups -OCH3 is 1. The van der Waals surface area contributed by atoms with Gasteiger partial charge in [0, 0.05) is 12.8 Å². The van der Waals surface area contributed by atoms with E-state index in [0.717, 1.165) is 25.7 Å². The third-order valence-electron chi connectivity index (χ3n) is 3.61. The Morgan fingerprint density at radius 1 is 1.35 bits per heavy atom. The lowest BCUT2D eigenvalue weighted by Crippen LogP contribution is -2.27. The van der Waals surface area contributed by atoms with Crippen LogP contribution in [0.4, 0.5) is 5.69 Å². The molecule has 1 aliphatic heterocycles. The second-order valence-corrected chi connectivity index (χ2v) is 5.02. The molecule has 1 atom stereocenters. The summed E-state index contributed by atoms with van der Waals surface area (Å²) in [6.07, 6.45) is 2.66. The molecule has 3 rings (SSSR count). The Morgan fingerprint density at radius 2 is 2.18 bits per heavy atom. The molecular weight excluding hydrogens is 214 g/mol. The van der Waals surface area contributed by atoms with Gasteiger partial charge in [0.2, 0.25) is 0 Å². The van der Waals surface area contributed by atoms with Crippen molar-refractivity contribution in [1.29, 1.82) is 0 Å². The van der Waals surface area contributed by atoms with E-state index in [1.54, 1.807) is 7.11 Å². The summed E-state index contributed by atoms with van der Waals surface area (Å²) >= 11 is 0. The highest BCUT2D eigenvalue weighted by molar-refractivity contribution is 5.50. The van der Waals surface area contributed by atoms with Gasteiger partial charge in [0.25, 0.3) is 0 Å². The smallest absolute Gasteiger partial charge is 0.0725 e. The maximum atomic E-state index is 5.43. The molecule has 0 saturated heterocycles. The fraction of sp³-hybridized carbons (Fsp3) is 0.571. The number of hydrogen-bond donors (Lipinski definition) is 1. The molecule has 1 unspecified atom stereocenters. The molecule has 3 nitrogen and oxygen atoms in total. The molecule has 2 aliphatic rings. The van der Waals surface area contributed by atoms with Crippen LogP contribution >= 0.6 is 0 Å². The number of ether oxygens (including phenoxy) is 2. The molecule has 0 spiro atoms. The van der Waals surface area contributed by atoms with Crippen LogP contribution in [0.1, 0.15) is 24.0 Å². The van der Waals surface area contributed by atoms with E-state index in [1.165, 1.54) is 29.7 Å². The maximum absolute atomic E-state index is 5.43. The summed E-state index contributed by atoms with van der Waals surface area (Å²) in [5.74, 6) is 0.791. The van der Waals surface area contributed by atoms with E-state index in [2.05, 4.69) is 23.5 Å². The Balaban J connectivity index is 1.70. The van der Waals surface area contributed by atoms with Gasteiger partial charge >= 0.3 is 0 Å². The van der Waals surface area contributed by atoms with Crippen LogP contribution in [-0.2, 0) is 22.7 Å². The zero-order valence-electron chi connectivity index (χ0n) is 10.2. The van der Waals surface area contributed by atoms with Crippen LogP contribution in [0.2, 0.25) is 0 Å². The summed E-state index contributed by atoms with van der Waals surface area (Å²) in [6, 6.07) is 6.99. The number of nitrogens with one attached hydrogen (secondary N) is 1. The quantitative estimate of drug-likeness (QED) is 0.847. The van der Waals surface area contributed by atoms with Gasteiger partial charge in [-0.25, -0.2) is 0 Å². The van der Waals surface area contributed by atoms with E-state index >= 15 is 0 Å². The highest BCUT2D eigenvalue weighted by Gasteiger charge is 2.31. The fourth-order valence-electron chi connectivity index (χ4n) is 2.45. The number of anilines is 1. The van der Waals surface area contributed by atoms with Crippen molar-refractivity contribution in [2.75, 3.05) is 19.0 Å². The average molecular weight is 233 g/mol. The SMILES string of the molecule is COCC(Nc1ccc2c(c1)COC2)C1CC1. The highest BCUT2D eigenvalue weighted by Crippen LogP contribution is 2.35. The Bertz CT molecular complexity index is 401. The zero-order valence-corrected chi connectivity index (χ0v) is 10.2.